The van der Waals surface area contributed by atoms with E-state index < -0.39 is 11.6 Å². The highest BCUT2D eigenvalue weighted by atomic mass is 19.1. The number of aliphatic imine (C=N–C) groups is 1. The molecule has 0 radical (unpaired) electrons. The SMILES string of the molecule is CCC(c1ccc(F)cc1F)N1CCN(C(=NC)NCc2nncn2CC)CC1. The van der Waals surface area contributed by atoms with E-state index in [4.69, 9.17) is 0 Å². The molecule has 0 spiro atoms. The van der Waals surface area contributed by atoms with E-state index in [2.05, 4.69) is 37.2 Å². The van der Waals surface area contributed by atoms with Gasteiger partial charge in [0.25, 0.3) is 0 Å². The van der Waals surface area contributed by atoms with Crippen LogP contribution in [0.5, 0.6) is 0 Å². The van der Waals surface area contributed by atoms with Crippen LogP contribution in [-0.2, 0) is 13.1 Å². The van der Waals surface area contributed by atoms with Crippen LogP contribution < -0.4 is 5.32 Å². The molecule has 0 saturated carbocycles. The number of halogens is 2. The van der Waals surface area contributed by atoms with Crippen molar-refractivity contribution in [3.63, 3.8) is 0 Å². The Bertz CT molecular complexity index is 828. The molecule has 2 aromatic rings. The minimum atomic E-state index is -0.542. The van der Waals surface area contributed by atoms with Crippen LogP contribution in [0.3, 0.4) is 0 Å². The van der Waals surface area contributed by atoms with Gasteiger partial charge in [0.2, 0.25) is 0 Å². The molecule has 0 aliphatic carbocycles. The van der Waals surface area contributed by atoms with Crippen LogP contribution in [0.15, 0.2) is 29.5 Å². The molecule has 7 nitrogen and oxygen atoms in total. The fourth-order valence-corrected chi connectivity index (χ4v) is 3.86. The Hall–Kier alpha value is -2.55. The second-order valence-corrected chi connectivity index (χ2v) is 7.05. The fourth-order valence-electron chi connectivity index (χ4n) is 3.86. The number of nitrogens with zero attached hydrogens (tertiary/aromatic N) is 6. The van der Waals surface area contributed by atoms with Crippen molar-refractivity contribution in [3.05, 3.63) is 47.5 Å². The summed E-state index contributed by atoms with van der Waals surface area (Å²) >= 11 is 0. The Morgan fingerprint density at radius 3 is 2.59 bits per heavy atom. The lowest BCUT2D eigenvalue weighted by Gasteiger charge is -2.40. The van der Waals surface area contributed by atoms with Crippen molar-refractivity contribution in [2.75, 3.05) is 33.2 Å². The summed E-state index contributed by atoms with van der Waals surface area (Å²) in [7, 11) is 1.77. The second-order valence-electron chi connectivity index (χ2n) is 7.05. The first-order valence-electron chi connectivity index (χ1n) is 10.1. The van der Waals surface area contributed by atoms with Gasteiger partial charge >= 0.3 is 0 Å². The summed E-state index contributed by atoms with van der Waals surface area (Å²) in [5, 5.41) is 11.4. The average molecular weight is 405 g/mol. The van der Waals surface area contributed by atoms with Gasteiger partial charge in [-0.05, 0) is 19.4 Å². The first kappa shape index (κ1) is 21.2. The lowest BCUT2D eigenvalue weighted by Crippen LogP contribution is -2.53. The van der Waals surface area contributed by atoms with Gasteiger partial charge in [-0.2, -0.15) is 0 Å². The predicted octanol–water partition coefficient (Wildman–Crippen LogP) is 2.42. The first-order valence-corrected chi connectivity index (χ1v) is 10.1. The smallest absolute Gasteiger partial charge is 0.194 e. The number of hydrogen-bond donors (Lipinski definition) is 1. The van der Waals surface area contributed by atoms with Crippen molar-refractivity contribution in [2.24, 2.45) is 4.99 Å². The van der Waals surface area contributed by atoms with Gasteiger partial charge in [0.1, 0.15) is 18.0 Å². The molecule has 1 N–H and O–H groups in total. The van der Waals surface area contributed by atoms with E-state index >= 15 is 0 Å². The van der Waals surface area contributed by atoms with Gasteiger partial charge in [0.05, 0.1) is 6.54 Å². The largest absolute Gasteiger partial charge is 0.349 e. The average Bonchev–Trinajstić information content (AvgIpc) is 3.19. The maximum Gasteiger partial charge on any atom is 0.194 e. The quantitative estimate of drug-likeness (QED) is 0.591. The Balaban J connectivity index is 1.59. The molecule has 1 aliphatic rings. The topological polar surface area (TPSA) is 61.6 Å². The van der Waals surface area contributed by atoms with E-state index in [0.29, 0.717) is 12.1 Å². The van der Waals surface area contributed by atoms with E-state index in [1.807, 2.05) is 11.5 Å². The fraction of sp³-hybridized carbons (Fsp3) is 0.550. The molecule has 1 aromatic heterocycles. The van der Waals surface area contributed by atoms with Crippen molar-refractivity contribution in [2.45, 2.75) is 39.4 Å². The molecule has 9 heteroatoms. The number of piperazine rings is 1. The van der Waals surface area contributed by atoms with Gasteiger partial charge in [0, 0.05) is 57.4 Å². The minimum absolute atomic E-state index is 0.0594. The van der Waals surface area contributed by atoms with Crippen LogP contribution in [0.1, 0.15) is 37.7 Å². The highest BCUT2D eigenvalue weighted by molar-refractivity contribution is 5.79. The zero-order chi connectivity index (χ0) is 20.8. The summed E-state index contributed by atoms with van der Waals surface area (Å²) in [6.45, 7) is 8.57. The van der Waals surface area contributed by atoms with Crippen molar-refractivity contribution < 1.29 is 8.78 Å². The van der Waals surface area contributed by atoms with Gasteiger partial charge < -0.3 is 14.8 Å². The lowest BCUT2D eigenvalue weighted by molar-refractivity contribution is 0.124. The van der Waals surface area contributed by atoms with Crippen molar-refractivity contribution in [3.8, 4) is 0 Å². The Morgan fingerprint density at radius 2 is 1.97 bits per heavy atom. The molecule has 1 aliphatic heterocycles. The van der Waals surface area contributed by atoms with Crippen LogP contribution in [0, 0.1) is 11.6 Å². The third-order valence-corrected chi connectivity index (χ3v) is 5.42. The zero-order valence-electron chi connectivity index (χ0n) is 17.3. The molecule has 2 heterocycles. The van der Waals surface area contributed by atoms with Crippen molar-refractivity contribution in [1.82, 2.24) is 29.9 Å². The summed E-state index contributed by atoms with van der Waals surface area (Å²) in [5.74, 6) is 0.665. The number of aromatic nitrogens is 3. The maximum absolute atomic E-state index is 14.3. The van der Waals surface area contributed by atoms with E-state index in [1.165, 1.54) is 6.07 Å². The highest BCUT2D eigenvalue weighted by Crippen LogP contribution is 2.28. The third-order valence-electron chi connectivity index (χ3n) is 5.42. The molecule has 1 unspecified atom stereocenters. The molecule has 3 rings (SSSR count). The molecule has 1 saturated heterocycles. The molecule has 1 atom stereocenters. The van der Waals surface area contributed by atoms with Crippen molar-refractivity contribution in [1.29, 1.82) is 0 Å². The number of rotatable bonds is 6. The molecule has 158 valence electrons. The minimum Gasteiger partial charge on any atom is -0.349 e. The number of nitrogens with one attached hydrogen (secondary N) is 1. The molecule has 1 aromatic carbocycles. The summed E-state index contributed by atoms with van der Waals surface area (Å²) < 4.78 is 29.5. The predicted molar refractivity (Wildman–Crippen MR) is 108 cm³/mol. The molecular formula is C20H29F2N7. The number of guanidine groups is 1. The van der Waals surface area contributed by atoms with E-state index in [9.17, 15) is 8.78 Å². The van der Waals surface area contributed by atoms with Crippen LogP contribution >= 0.6 is 0 Å². The number of aryl methyl sites for hydroxylation is 1. The maximum atomic E-state index is 14.3. The third kappa shape index (κ3) is 4.90. The highest BCUT2D eigenvalue weighted by Gasteiger charge is 2.27. The van der Waals surface area contributed by atoms with Gasteiger partial charge in [-0.15, -0.1) is 10.2 Å². The van der Waals surface area contributed by atoms with Crippen LogP contribution in [0.25, 0.3) is 0 Å². The van der Waals surface area contributed by atoms with E-state index in [1.54, 1.807) is 19.4 Å². The standard InChI is InChI=1S/C20H29F2N7/c1-4-18(16-7-6-15(21)12-17(16)22)28-8-10-29(11-9-28)20(23-3)24-13-19-26-25-14-27(19)5-2/h6-7,12,14,18H,4-5,8-11,13H2,1-3H3,(H,23,24). The summed E-state index contributed by atoms with van der Waals surface area (Å²) in [4.78, 5) is 8.84. The van der Waals surface area contributed by atoms with Crippen molar-refractivity contribution >= 4 is 5.96 Å². The van der Waals surface area contributed by atoms with Crippen LogP contribution in [0.2, 0.25) is 0 Å². The molecule has 1 fully saturated rings. The number of benzene rings is 1. The van der Waals surface area contributed by atoms with Crippen LogP contribution in [-0.4, -0.2) is 63.8 Å². The Labute approximate surface area is 170 Å². The molecule has 0 amide bonds. The summed E-state index contributed by atoms with van der Waals surface area (Å²) in [6.07, 6.45) is 2.49. The summed E-state index contributed by atoms with van der Waals surface area (Å²) in [6, 6.07) is 3.80. The number of hydrogen-bond acceptors (Lipinski definition) is 4. The van der Waals surface area contributed by atoms with E-state index in [0.717, 1.165) is 57.0 Å². The normalized spacial score (nSPS) is 16.9. The Morgan fingerprint density at radius 1 is 1.21 bits per heavy atom. The first-order chi connectivity index (χ1) is 14.1. The van der Waals surface area contributed by atoms with Gasteiger partial charge in [-0.25, -0.2) is 8.78 Å². The Kier molecular flexibility index (Phi) is 7.13. The van der Waals surface area contributed by atoms with E-state index in [-0.39, 0.29) is 6.04 Å². The molecular weight excluding hydrogens is 376 g/mol. The second kappa shape index (κ2) is 9.78. The van der Waals surface area contributed by atoms with Gasteiger partial charge in [-0.3, -0.25) is 9.89 Å². The van der Waals surface area contributed by atoms with Gasteiger partial charge in [-0.1, -0.05) is 13.0 Å². The van der Waals surface area contributed by atoms with Crippen LogP contribution in [0.4, 0.5) is 8.78 Å². The molecule has 0 bridgehead atoms. The summed E-state index contributed by atoms with van der Waals surface area (Å²) in [5.41, 5.74) is 0.559. The van der Waals surface area contributed by atoms with Gasteiger partial charge in [0.15, 0.2) is 11.8 Å². The molecule has 29 heavy (non-hydrogen) atoms. The lowest BCUT2D eigenvalue weighted by atomic mass is 10.0. The zero-order valence-corrected chi connectivity index (χ0v) is 17.3. The monoisotopic (exact) mass is 405 g/mol.